The number of fused-ring (bicyclic) bond motifs is 1. The minimum Gasteiger partial charge on any atom is -0.399 e. The molecule has 0 spiro atoms. The molecule has 0 bridgehead atoms. The number of hydrogen-bond donors (Lipinski definition) is 2. The van der Waals surface area contributed by atoms with E-state index in [1.54, 1.807) is 12.4 Å². The zero-order chi connectivity index (χ0) is 18.8. The van der Waals surface area contributed by atoms with E-state index in [0.717, 1.165) is 22.4 Å². The molecule has 2 heterocycles. The first kappa shape index (κ1) is 16.8. The highest BCUT2D eigenvalue weighted by Crippen LogP contribution is 2.21. The number of anilines is 2. The van der Waals surface area contributed by atoms with E-state index >= 15 is 0 Å². The van der Waals surface area contributed by atoms with Crippen LogP contribution in [0.1, 0.15) is 11.1 Å². The van der Waals surface area contributed by atoms with E-state index in [9.17, 15) is 4.79 Å². The number of nitrogens with two attached hydrogens (primary N) is 1. The molecular formula is C21H19N5O. The zero-order valence-electron chi connectivity index (χ0n) is 14.9. The van der Waals surface area contributed by atoms with Gasteiger partial charge in [0, 0.05) is 17.4 Å². The molecule has 0 radical (unpaired) electrons. The van der Waals surface area contributed by atoms with Crippen molar-refractivity contribution in [3.63, 3.8) is 0 Å². The van der Waals surface area contributed by atoms with Gasteiger partial charge in [-0.25, -0.2) is 4.98 Å². The summed E-state index contributed by atoms with van der Waals surface area (Å²) in [6.45, 7) is 2.00. The number of imidazole rings is 1. The average molecular weight is 357 g/mol. The number of carbonyl (C=O) groups is 1. The summed E-state index contributed by atoms with van der Waals surface area (Å²) in [4.78, 5) is 21.2. The van der Waals surface area contributed by atoms with Crippen molar-refractivity contribution in [2.45, 2.75) is 13.3 Å². The van der Waals surface area contributed by atoms with Gasteiger partial charge in [-0.05, 0) is 30.2 Å². The second-order valence-corrected chi connectivity index (χ2v) is 6.42. The molecule has 0 saturated heterocycles. The maximum atomic E-state index is 12.5. The van der Waals surface area contributed by atoms with Crippen molar-refractivity contribution in [2.75, 3.05) is 11.1 Å². The first-order chi connectivity index (χ1) is 13.1. The summed E-state index contributed by atoms with van der Waals surface area (Å²) in [5.41, 5.74) is 11.0. The lowest BCUT2D eigenvalue weighted by Gasteiger charge is -2.08. The zero-order valence-corrected chi connectivity index (χ0v) is 14.9. The highest BCUT2D eigenvalue weighted by Gasteiger charge is 2.11. The normalized spacial score (nSPS) is 10.9. The van der Waals surface area contributed by atoms with E-state index in [2.05, 4.69) is 15.3 Å². The summed E-state index contributed by atoms with van der Waals surface area (Å²) in [5.74, 6) is 0.518. The van der Waals surface area contributed by atoms with Gasteiger partial charge in [0.05, 0.1) is 24.5 Å². The molecular weight excluding hydrogens is 338 g/mol. The summed E-state index contributed by atoms with van der Waals surface area (Å²) in [6, 6.07) is 15.4. The third-order valence-corrected chi connectivity index (χ3v) is 4.46. The van der Waals surface area contributed by atoms with Crippen LogP contribution in [0.5, 0.6) is 0 Å². The van der Waals surface area contributed by atoms with Gasteiger partial charge in [0.2, 0.25) is 5.91 Å². The van der Waals surface area contributed by atoms with E-state index in [1.165, 1.54) is 0 Å². The van der Waals surface area contributed by atoms with Gasteiger partial charge in [-0.15, -0.1) is 0 Å². The van der Waals surface area contributed by atoms with Crippen molar-refractivity contribution in [3.8, 4) is 11.3 Å². The molecule has 0 aliphatic heterocycles. The Bertz CT molecular complexity index is 1130. The topological polar surface area (TPSA) is 85.3 Å². The van der Waals surface area contributed by atoms with Crippen molar-refractivity contribution in [1.29, 1.82) is 0 Å². The monoisotopic (exact) mass is 357 g/mol. The van der Waals surface area contributed by atoms with Gasteiger partial charge in [0.15, 0.2) is 5.65 Å². The first-order valence-electron chi connectivity index (χ1n) is 8.63. The second kappa shape index (κ2) is 6.92. The predicted octanol–water partition coefficient (Wildman–Crippen LogP) is 3.47. The number of nitrogens with one attached hydrogen (secondary N) is 1. The van der Waals surface area contributed by atoms with Crippen molar-refractivity contribution in [2.24, 2.45) is 0 Å². The molecule has 0 aliphatic carbocycles. The van der Waals surface area contributed by atoms with Gasteiger partial charge in [0.25, 0.3) is 0 Å². The Morgan fingerprint density at radius 3 is 2.78 bits per heavy atom. The molecule has 0 unspecified atom stereocenters. The van der Waals surface area contributed by atoms with Crippen LogP contribution in [0.25, 0.3) is 16.9 Å². The molecule has 2 aromatic carbocycles. The molecule has 134 valence electrons. The second-order valence-electron chi connectivity index (χ2n) is 6.42. The average Bonchev–Trinajstić information content (AvgIpc) is 3.06. The van der Waals surface area contributed by atoms with Crippen LogP contribution < -0.4 is 11.1 Å². The number of nitrogens with zero attached hydrogens (tertiary/aromatic N) is 3. The molecule has 4 rings (SSSR count). The van der Waals surface area contributed by atoms with Crippen LogP contribution in [0.15, 0.2) is 67.1 Å². The third-order valence-electron chi connectivity index (χ3n) is 4.46. The van der Waals surface area contributed by atoms with Gasteiger partial charge in [-0.3, -0.25) is 14.2 Å². The Labute approximate surface area is 156 Å². The largest absolute Gasteiger partial charge is 0.399 e. The Kier molecular flexibility index (Phi) is 4.30. The van der Waals surface area contributed by atoms with E-state index < -0.39 is 0 Å². The maximum Gasteiger partial charge on any atom is 0.229 e. The first-order valence-corrected chi connectivity index (χ1v) is 8.63. The lowest BCUT2D eigenvalue weighted by atomic mass is 10.1. The van der Waals surface area contributed by atoms with Crippen LogP contribution in [-0.4, -0.2) is 20.3 Å². The molecule has 6 nitrogen and oxygen atoms in total. The molecule has 2 aromatic heterocycles. The molecule has 27 heavy (non-hydrogen) atoms. The molecule has 0 saturated carbocycles. The Balaban J connectivity index is 1.61. The van der Waals surface area contributed by atoms with Gasteiger partial charge in [-0.2, -0.15) is 0 Å². The Morgan fingerprint density at radius 1 is 1.11 bits per heavy atom. The standard InChI is InChI=1S/C21H19N5O/c1-14-5-2-3-6-15(14)10-21(27)25-20-12-24-19-11-23-18(13-26(19)20)16-7-4-8-17(22)9-16/h2-9,11-13H,10,22H2,1H3,(H,25,27). The van der Waals surface area contributed by atoms with Crippen LogP contribution in [0.3, 0.4) is 0 Å². The minimum atomic E-state index is -0.0894. The molecule has 0 fully saturated rings. The van der Waals surface area contributed by atoms with Gasteiger partial charge in [-0.1, -0.05) is 36.4 Å². The van der Waals surface area contributed by atoms with Crippen LogP contribution in [0.4, 0.5) is 11.5 Å². The van der Waals surface area contributed by atoms with Crippen LogP contribution in [0.2, 0.25) is 0 Å². The fourth-order valence-electron chi connectivity index (χ4n) is 3.00. The number of nitrogen functional groups attached to an aromatic ring is 1. The number of rotatable bonds is 4. The third kappa shape index (κ3) is 3.50. The predicted molar refractivity (Wildman–Crippen MR) is 106 cm³/mol. The fraction of sp³-hybridized carbons (Fsp3) is 0.0952. The maximum absolute atomic E-state index is 12.5. The highest BCUT2D eigenvalue weighted by atomic mass is 16.1. The summed E-state index contributed by atoms with van der Waals surface area (Å²) in [5, 5.41) is 2.94. The molecule has 3 N–H and O–H groups in total. The molecule has 1 amide bonds. The summed E-state index contributed by atoms with van der Waals surface area (Å²) < 4.78 is 1.82. The fourth-order valence-corrected chi connectivity index (χ4v) is 3.00. The Morgan fingerprint density at radius 2 is 1.96 bits per heavy atom. The van der Waals surface area contributed by atoms with Crippen LogP contribution in [-0.2, 0) is 11.2 Å². The SMILES string of the molecule is Cc1ccccc1CC(=O)Nc1cnc2cnc(-c3cccc(N)c3)cn12. The number of hydrogen-bond acceptors (Lipinski definition) is 4. The quantitative estimate of drug-likeness (QED) is 0.548. The summed E-state index contributed by atoms with van der Waals surface area (Å²) >= 11 is 0. The Hall–Kier alpha value is -3.67. The summed E-state index contributed by atoms with van der Waals surface area (Å²) in [7, 11) is 0. The summed E-state index contributed by atoms with van der Waals surface area (Å²) in [6.07, 6.45) is 5.47. The molecule has 0 aliphatic rings. The van der Waals surface area contributed by atoms with Gasteiger partial charge < -0.3 is 11.1 Å². The molecule has 0 atom stereocenters. The lowest BCUT2D eigenvalue weighted by molar-refractivity contribution is -0.115. The smallest absolute Gasteiger partial charge is 0.229 e. The van der Waals surface area contributed by atoms with Crippen molar-refractivity contribution in [1.82, 2.24) is 14.4 Å². The van der Waals surface area contributed by atoms with E-state index in [0.29, 0.717) is 23.6 Å². The van der Waals surface area contributed by atoms with Crippen LogP contribution >= 0.6 is 0 Å². The number of carbonyl (C=O) groups excluding carboxylic acids is 1. The van der Waals surface area contributed by atoms with Crippen molar-refractivity contribution in [3.05, 3.63) is 78.2 Å². The number of aromatic nitrogens is 3. The number of amides is 1. The van der Waals surface area contributed by atoms with Crippen molar-refractivity contribution < 1.29 is 4.79 Å². The van der Waals surface area contributed by atoms with Crippen LogP contribution in [0, 0.1) is 6.92 Å². The number of aryl methyl sites for hydroxylation is 1. The molecule has 4 aromatic rings. The highest BCUT2D eigenvalue weighted by molar-refractivity contribution is 5.92. The van der Waals surface area contributed by atoms with Crippen molar-refractivity contribution >= 4 is 23.1 Å². The van der Waals surface area contributed by atoms with Gasteiger partial charge >= 0.3 is 0 Å². The van der Waals surface area contributed by atoms with E-state index in [4.69, 9.17) is 5.73 Å². The van der Waals surface area contributed by atoms with E-state index in [-0.39, 0.29) is 5.91 Å². The van der Waals surface area contributed by atoms with Gasteiger partial charge in [0.1, 0.15) is 5.82 Å². The molecule has 6 heteroatoms. The lowest BCUT2D eigenvalue weighted by Crippen LogP contribution is -2.16. The minimum absolute atomic E-state index is 0.0894. The number of benzene rings is 2. The van der Waals surface area contributed by atoms with E-state index in [1.807, 2.05) is 66.1 Å².